The van der Waals surface area contributed by atoms with Crippen LogP contribution in [0, 0.1) is 40.4 Å². The molecule has 0 aromatic heterocycles. The smallest absolute Gasteiger partial charge is 0.222 e. The second kappa shape index (κ2) is 5.97. The van der Waals surface area contributed by atoms with Crippen molar-refractivity contribution < 1.29 is 9.53 Å². The molecule has 0 bridgehead atoms. The molecule has 4 aliphatic rings. The van der Waals surface area contributed by atoms with Crippen molar-refractivity contribution in [2.75, 3.05) is 20.8 Å². The summed E-state index contributed by atoms with van der Waals surface area (Å²) in [6.45, 7) is 8.49. The third-order valence-electron chi connectivity index (χ3n) is 9.50. The molecule has 3 aliphatic carbocycles. The van der Waals surface area contributed by atoms with Crippen molar-refractivity contribution in [3.05, 3.63) is 0 Å². The van der Waals surface area contributed by atoms with Gasteiger partial charge in [0.1, 0.15) is 0 Å². The minimum absolute atomic E-state index is 0.343. The molecule has 3 unspecified atom stereocenters. The summed E-state index contributed by atoms with van der Waals surface area (Å²) in [6.07, 6.45) is 8.53. The first-order valence-electron chi connectivity index (χ1n) is 10.6. The van der Waals surface area contributed by atoms with Gasteiger partial charge >= 0.3 is 0 Å². The highest BCUT2D eigenvalue weighted by molar-refractivity contribution is 5.77. The Morgan fingerprint density at radius 2 is 1.88 bits per heavy atom. The Kier molecular flexibility index (Phi) is 4.26. The second-order valence-electron chi connectivity index (χ2n) is 10.3. The Hall–Kier alpha value is -0.570. The molecule has 1 heterocycles. The fourth-order valence-electron chi connectivity index (χ4n) is 8.15. The van der Waals surface area contributed by atoms with Crippen LogP contribution >= 0.6 is 0 Å². The second-order valence-corrected chi connectivity index (χ2v) is 10.3. The van der Waals surface area contributed by atoms with E-state index in [1.807, 2.05) is 7.11 Å². The van der Waals surface area contributed by atoms with Gasteiger partial charge in [0.15, 0.2) is 0 Å². The fraction of sp³-hybridized carbons (Fsp3) is 0.955. The average Bonchev–Trinajstić information content (AvgIpc) is 2.83. The summed E-state index contributed by atoms with van der Waals surface area (Å²) in [4.78, 5) is 14.4. The lowest BCUT2D eigenvalue weighted by Gasteiger charge is -2.61. The zero-order valence-electron chi connectivity index (χ0n) is 16.9. The average molecular weight is 348 g/mol. The van der Waals surface area contributed by atoms with Gasteiger partial charge in [0.05, 0.1) is 0 Å². The largest absolute Gasteiger partial charge is 0.384 e. The first kappa shape index (κ1) is 17.8. The monoisotopic (exact) mass is 347 g/mol. The molecule has 0 aromatic rings. The molecule has 3 heteroatoms. The first-order valence-corrected chi connectivity index (χ1v) is 10.6. The summed E-state index contributed by atoms with van der Waals surface area (Å²) in [7, 11) is 3.93. The van der Waals surface area contributed by atoms with Crippen molar-refractivity contribution in [1.29, 1.82) is 0 Å². The molecule has 1 aliphatic heterocycles. The summed E-state index contributed by atoms with van der Waals surface area (Å²) in [5, 5.41) is 0. The number of carbonyl (C=O) groups excluding carboxylic acids is 1. The van der Waals surface area contributed by atoms with Crippen molar-refractivity contribution in [2.45, 2.75) is 71.8 Å². The van der Waals surface area contributed by atoms with E-state index in [1.54, 1.807) is 0 Å². The van der Waals surface area contributed by atoms with Crippen molar-refractivity contribution in [3.63, 3.8) is 0 Å². The van der Waals surface area contributed by atoms with Gasteiger partial charge in [0.2, 0.25) is 5.91 Å². The molecule has 4 rings (SSSR count). The number of nitrogens with zero attached hydrogens (tertiary/aromatic N) is 1. The Morgan fingerprint density at radius 1 is 1.12 bits per heavy atom. The molecule has 1 amide bonds. The molecular formula is C22H37NO2. The minimum Gasteiger partial charge on any atom is -0.384 e. The number of methoxy groups -OCH3 is 1. The van der Waals surface area contributed by atoms with Gasteiger partial charge in [0.25, 0.3) is 0 Å². The van der Waals surface area contributed by atoms with E-state index in [2.05, 4.69) is 32.7 Å². The molecule has 8 atom stereocenters. The van der Waals surface area contributed by atoms with Gasteiger partial charge in [-0.25, -0.2) is 0 Å². The van der Waals surface area contributed by atoms with Crippen molar-refractivity contribution >= 4 is 5.91 Å². The number of rotatable bonds is 2. The lowest BCUT2D eigenvalue weighted by Crippen LogP contribution is -2.61. The quantitative estimate of drug-likeness (QED) is 0.743. The topological polar surface area (TPSA) is 29.5 Å². The molecule has 0 radical (unpaired) electrons. The van der Waals surface area contributed by atoms with Crippen molar-refractivity contribution in [1.82, 2.24) is 4.90 Å². The summed E-state index contributed by atoms with van der Waals surface area (Å²) in [5.41, 5.74) is 0.811. The maximum atomic E-state index is 12.3. The highest BCUT2D eigenvalue weighted by atomic mass is 16.5. The van der Waals surface area contributed by atoms with E-state index in [1.165, 1.54) is 32.1 Å². The predicted molar refractivity (Wildman–Crippen MR) is 100 cm³/mol. The van der Waals surface area contributed by atoms with E-state index in [0.29, 0.717) is 22.8 Å². The van der Waals surface area contributed by atoms with Gasteiger partial charge in [-0.3, -0.25) is 4.79 Å². The lowest BCUT2D eigenvalue weighted by atomic mass is 9.47. The van der Waals surface area contributed by atoms with Gasteiger partial charge in [-0.15, -0.1) is 0 Å². The van der Waals surface area contributed by atoms with E-state index in [-0.39, 0.29) is 0 Å². The van der Waals surface area contributed by atoms with Crippen LogP contribution in [0.25, 0.3) is 0 Å². The van der Waals surface area contributed by atoms with Crippen LogP contribution in [0.4, 0.5) is 0 Å². The highest BCUT2D eigenvalue weighted by Gasteiger charge is 2.62. The van der Waals surface area contributed by atoms with Crippen LogP contribution < -0.4 is 0 Å². The summed E-state index contributed by atoms with van der Waals surface area (Å²) < 4.78 is 5.63. The van der Waals surface area contributed by atoms with E-state index >= 15 is 0 Å². The van der Waals surface area contributed by atoms with E-state index < -0.39 is 0 Å². The first-order chi connectivity index (χ1) is 11.8. The zero-order chi connectivity index (χ0) is 18.0. The molecule has 3 saturated carbocycles. The summed E-state index contributed by atoms with van der Waals surface area (Å²) >= 11 is 0. The maximum Gasteiger partial charge on any atom is 0.222 e. The Labute approximate surface area is 153 Å². The molecule has 3 nitrogen and oxygen atoms in total. The van der Waals surface area contributed by atoms with Gasteiger partial charge < -0.3 is 9.64 Å². The number of ether oxygens (including phenoxy) is 1. The Morgan fingerprint density at radius 3 is 2.60 bits per heavy atom. The molecule has 25 heavy (non-hydrogen) atoms. The van der Waals surface area contributed by atoms with Crippen LogP contribution in [0.15, 0.2) is 0 Å². The number of hydrogen-bond donors (Lipinski definition) is 0. The zero-order valence-corrected chi connectivity index (χ0v) is 16.9. The van der Waals surface area contributed by atoms with Crippen molar-refractivity contribution in [2.24, 2.45) is 40.4 Å². The number of likely N-dealkylation sites (tertiary alicyclic amines) is 1. The Balaban J connectivity index is 1.63. The fourth-order valence-corrected chi connectivity index (χ4v) is 8.15. The van der Waals surface area contributed by atoms with Gasteiger partial charge in [-0.1, -0.05) is 20.8 Å². The SMILES string of the molecule is COCC1C(C)C[C@H]2[C@@H]3CCC4N(C)C(=O)CC[C@]4(C)[C@@H]3CC[C@]12C. The van der Waals surface area contributed by atoms with Crippen LogP contribution in [0.1, 0.15) is 65.7 Å². The maximum absolute atomic E-state index is 12.3. The number of piperidine rings is 1. The standard InChI is InChI=1S/C22H37NO2/c1-14-12-17-15-6-7-19-22(3,11-9-20(24)23(19)4)16(15)8-10-21(17,2)18(14)13-25-5/h14-19H,6-13H2,1-5H3/t14?,15-,16-,17+,18?,19?,21+,22-/m1/s1. The highest BCUT2D eigenvalue weighted by Crippen LogP contribution is 2.67. The minimum atomic E-state index is 0.343. The van der Waals surface area contributed by atoms with E-state index in [4.69, 9.17) is 4.74 Å². The molecule has 4 fully saturated rings. The van der Waals surface area contributed by atoms with E-state index in [0.717, 1.165) is 49.0 Å². The lowest BCUT2D eigenvalue weighted by molar-refractivity contribution is -0.158. The Bertz CT molecular complexity index is 548. The van der Waals surface area contributed by atoms with Gasteiger partial charge in [-0.2, -0.15) is 0 Å². The third-order valence-corrected chi connectivity index (χ3v) is 9.50. The van der Waals surface area contributed by atoms with Crippen LogP contribution in [-0.4, -0.2) is 37.6 Å². The van der Waals surface area contributed by atoms with Crippen LogP contribution in [0.5, 0.6) is 0 Å². The molecule has 142 valence electrons. The number of fused-ring (bicyclic) bond motifs is 5. The third kappa shape index (κ3) is 2.37. The summed E-state index contributed by atoms with van der Waals surface area (Å²) in [6, 6.07) is 0.480. The van der Waals surface area contributed by atoms with Gasteiger partial charge in [-0.05, 0) is 78.9 Å². The molecule has 0 N–H and O–H groups in total. The molecular weight excluding hydrogens is 310 g/mol. The molecule has 1 saturated heterocycles. The number of amides is 1. The normalized spacial score (nSPS) is 52.5. The van der Waals surface area contributed by atoms with Crippen LogP contribution in [-0.2, 0) is 9.53 Å². The van der Waals surface area contributed by atoms with Gasteiger partial charge in [0, 0.05) is 33.2 Å². The number of carbonyl (C=O) groups is 1. The van der Waals surface area contributed by atoms with Crippen LogP contribution in [0.3, 0.4) is 0 Å². The van der Waals surface area contributed by atoms with Crippen molar-refractivity contribution in [3.8, 4) is 0 Å². The summed E-state index contributed by atoms with van der Waals surface area (Å²) in [5.74, 6) is 4.43. The number of hydrogen-bond acceptors (Lipinski definition) is 2. The molecule has 0 spiro atoms. The van der Waals surface area contributed by atoms with Crippen LogP contribution in [0.2, 0.25) is 0 Å². The predicted octanol–water partition coefficient (Wildman–Crippen LogP) is 4.36. The molecule has 0 aromatic carbocycles. The van der Waals surface area contributed by atoms with E-state index in [9.17, 15) is 4.79 Å².